The first-order valence-electron chi connectivity index (χ1n) is 24.7. The zero-order valence-corrected chi connectivity index (χ0v) is 39.7. The summed E-state index contributed by atoms with van der Waals surface area (Å²) in [6.45, 7) is 9.64. The number of hydrogen-bond donors (Lipinski definition) is 5. The Morgan fingerprint density at radius 1 is 0.708 bits per heavy atom. The Labute approximate surface area is 389 Å². The molecule has 0 aliphatic heterocycles. The van der Waals surface area contributed by atoms with Crippen molar-refractivity contribution in [1.29, 1.82) is 0 Å². The Kier molecular flexibility index (Phi) is 25.6. The Morgan fingerprint density at radius 2 is 1.31 bits per heavy atom. The molecule has 5 N–H and O–H groups in total. The lowest BCUT2D eigenvalue weighted by molar-refractivity contribution is -0.123. The topological polar surface area (TPSA) is 125 Å². The lowest BCUT2D eigenvalue weighted by Gasteiger charge is -2.20. The van der Waals surface area contributed by atoms with Crippen molar-refractivity contribution < 1.29 is 28.9 Å². The summed E-state index contributed by atoms with van der Waals surface area (Å²) in [6, 6.07) is 25.2. The van der Waals surface area contributed by atoms with E-state index in [0.717, 1.165) is 42.0 Å². The summed E-state index contributed by atoms with van der Waals surface area (Å²) in [7, 11) is 0. The van der Waals surface area contributed by atoms with E-state index in [2.05, 4.69) is 39.6 Å². The quantitative estimate of drug-likeness (QED) is 0.0235. The predicted octanol–water partition coefficient (Wildman–Crippen LogP) is 12.0. The van der Waals surface area contributed by atoms with Crippen LogP contribution in [-0.4, -0.2) is 71.7 Å². The van der Waals surface area contributed by atoms with E-state index in [1.807, 2.05) is 74.5 Å². The van der Waals surface area contributed by atoms with Gasteiger partial charge in [0.1, 0.15) is 5.82 Å². The molecular formula is C55H79FN4O5. The van der Waals surface area contributed by atoms with E-state index in [-0.39, 0.29) is 42.8 Å². The number of aromatic nitrogens is 1. The van der Waals surface area contributed by atoms with E-state index in [1.165, 1.54) is 95.6 Å². The molecule has 65 heavy (non-hydrogen) atoms. The number of allylic oxidation sites excluding steroid dienone is 2. The van der Waals surface area contributed by atoms with E-state index in [1.54, 1.807) is 12.1 Å². The Hall–Kier alpha value is -4.61. The molecule has 0 saturated carbocycles. The van der Waals surface area contributed by atoms with Crippen LogP contribution >= 0.6 is 0 Å². The van der Waals surface area contributed by atoms with E-state index in [0.29, 0.717) is 43.1 Å². The van der Waals surface area contributed by atoms with Gasteiger partial charge in [0, 0.05) is 36.6 Å². The number of rotatable bonds is 34. The fourth-order valence-corrected chi connectivity index (χ4v) is 8.42. The van der Waals surface area contributed by atoms with Crippen LogP contribution in [0.2, 0.25) is 0 Å². The van der Waals surface area contributed by atoms with Gasteiger partial charge >= 0.3 is 0 Å². The number of unbranched alkanes of at least 4 members (excludes halogenated alkanes) is 12. The minimum Gasteiger partial charge on any atom is -0.393 e. The lowest BCUT2D eigenvalue weighted by atomic mass is 9.94. The van der Waals surface area contributed by atoms with Crippen LogP contribution in [0.15, 0.2) is 97.1 Å². The number of ether oxygens (including phenoxy) is 1. The van der Waals surface area contributed by atoms with Crippen molar-refractivity contribution in [2.45, 2.75) is 155 Å². The van der Waals surface area contributed by atoms with Crippen molar-refractivity contribution in [3.63, 3.8) is 0 Å². The number of nitrogens with zero attached hydrogens (tertiary/aromatic N) is 1. The highest BCUT2D eigenvalue weighted by Crippen LogP contribution is 2.42. The number of hydrogen-bond acceptors (Lipinski definition) is 6. The average molecular weight is 895 g/mol. The van der Waals surface area contributed by atoms with Crippen LogP contribution in [0.25, 0.3) is 22.4 Å². The molecular weight excluding hydrogens is 816 g/mol. The minimum absolute atomic E-state index is 0.00361. The number of anilines is 1. The molecule has 0 fully saturated rings. The van der Waals surface area contributed by atoms with Gasteiger partial charge in [-0.25, -0.2) is 4.39 Å². The number of amides is 2. The number of halogens is 1. The van der Waals surface area contributed by atoms with Gasteiger partial charge in [0.25, 0.3) is 5.91 Å². The second-order valence-corrected chi connectivity index (χ2v) is 17.7. The molecule has 0 saturated heterocycles. The minimum atomic E-state index is -1.05. The first-order chi connectivity index (χ1) is 31.7. The van der Waals surface area contributed by atoms with Crippen molar-refractivity contribution in [1.82, 2.24) is 15.2 Å². The fourth-order valence-electron chi connectivity index (χ4n) is 8.42. The van der Waals surface area contributed by atoms with Crippen LogP contribution < -0.4 is 16.0 Å². The molecule has 4 rings (SSSR count). The Balaban J connectivity index is 1.16. The zero-order valence-electron chi connectivity index (χ0n) is 39.7. The monoisotopic (exact) mass is 895 g/mol. The van der Waals surface area contributed by atoms with Crippen LogP contribution in [0.3, 0.4) is 0 Å². The molecule has 4 aromatic rings. The van der Waals surface area contributed by atoms with E-state index < -0.39 is 12.2 Å². The number of carbonyl (C=O) groups excluding carboxylic acids is 2. The van der Waals surface area contributed by atoms with Crippen LogP contribution in [0.5, 0.6) is 0 Å². The van der Waals surface area contributed by atoms with E-state index in [4.69, 9.17) is 4.74 Å². The van der Waals surface area contributed by atoms with Crippen molar-refractivity contribution >= 4 is 17.5 Å². The van der Waals surface area contributed by atoms with Crippen molar-refractivity contribution in [2.75, 3.05) is 38.2 Å². The van der Waals surface area contributed by atoms with Gasteiger partial charge in [0.2, 0.25) is 5.91 Å². The lowest BCUT2D eigenvalue weighted by Crippen LogP contribution is -2.32. The standard InChI is InChI=1S/C55H79FN4O5/c1-4-5-6-7-8-9-10-11-12-13-14-15-16-17-18-25-35-57-36-39-65-40-37-58-50(63)42-49(62)41-48(61)34-38-60-53(43(2)3)52(55(64)59-47-28-23-20-24-29-47)51(44-26-21-19-22-27-44)54(60)45-30-32-46(56)33-31-45/h11-12,19-24,26-33,43,48-49,57,61-62H,4-10,13-18,25,34-42H2,1-3H3,(H,58,63)(H,59,64)/b12-11-/t48-,49-/m1/s1. The van der Waals surface area contributed by atoms with E-state index >= 15 is 0 Å². The molecule has 0 radical (unpaired) electrons. The highest BCUT2D eigenvalue weighted by atomic mass is 19.1. The van der Waals surface area contributed by atoms with Gasteiger partial charge < -0.3 is 35.5 Å². The van der Waals surface area contributed by atoms with Gasteiger partial charge in [-0.05, 0) is 105 Å². The van der Waals surface area contributed by atoms with Crippen molar-refractivity contribution in [3.05, 3.63) is 114 Å². The summed E-state index contributed by atoms with van der Waals surface area (Å²) in [4.78, 5) is 27.0. The molecule has 0 aliphatic carbocycles. The third kappa shape index (κ3) is 19.8. The van der Waals surface area contributed by atoms with E-state index in [9.17, 15) is 24.2 Å². The van der Waals surface area contributed by atoms with Gasteiger partial charge in [-0.3, -0.25) is 9.59 Å². The summed E-state index contributed by atoms with van der Waals surface area (Å²) >= 11 is 0. The number of benzene rings is 3. The summed E-state index contributed by atoms with van der Waals surface area (Å²) in [5.74, 6) is -1.06. The zero-order chi connectivity index (χ0) is 46.5. The molecule has 0 bridgehead atoms. The third-order valence-corrected chi connectivity index (χ3v) is 11.8. The fraction of sp³-hybridized carbons (Fsp3) is 0.527. The third-order valence-electron chi connectivity index (χ3n) is 11.8. The second-order valence-electron chi connectivity index (χ2n) is 17.7. The maximum absolute atomic E-state index is 14.3. The number of aliphatic hydroxyl groups excluding tert-OH is 2. The second kappa shape index (κ2) is 31.3. The summed E-state index contributed by atoms with van der Waals surface area (Å²) in [6.07, 6.45) is 21.1. The van der Waals surface area contributed by atoms with Gasteiger partial charge in [0.15, 0.2) is 0 Å². The highest BCUT2D eigenvalue weighted by molar-refractivity contribution is 6.12. The molecule has 1 heterocycles. The largest absolute Gasteiger partial charge is 0.393 e. The van der Waals surface area contributed by atoms with Crippen LogP contribution in [0, 0.1) is 5.82 Å². The molecule has 9 nitrogen and oxygen atoms in total. The van der Waals surface area contributed by atoms with Crippen molar-refractivity contribution in [3.8, 4) is 22.4 Å². The van der Waals surface area contributed by atoms with Gasteiger partial charge in [-0.1, -0.05) is 139 Å². The highest BCUT2D eigenvalue weighted by Gasteiger charge is 2.31. The molecule has 2 amide bonds. The Morgan fingerprint density at radius 3 is 1.95 bits per heavy atom. The van der Waals surface area contributed by atoms with Crippen molar-refractivity contribution in [2.24, 2.45) is 0 Å². The SMILES string of the molecule is CCCCCCCC/C=C\CCCCCCCCNCCOCCNC(=O)C[C@H](O)C[C@H](O)CCn1c(-c2ccc(F)cc2)c(-c2ccccc2)c(C(=O)Nc2ccccc2)c1C(C)C. The number of aliphatic hydroxyl groups is 2. The normalized spacial score (nSPS) is 12.5. The molecule has 2 atom stereocenters. The molecule has 1 aromatic heterocycles. The van der Waals surface area contributed by atoms with Gasteiger partial charge in [-0.2, -0.15) is 0 Å². The Bertz CT molecular complexity index is 1930. The molecule has 3 aromatic carbocycles. The number of para-hydroxylation sites is 1. The summed E-state index contributed by atoms with van der Waals surface area (Å²) in [5, 5.41) is 31.4. The van der Waals surface area contributed by atoms with Crippen LogP contribution in [0.4, 0.5) is 10.1 Å². The molecule has 0 unspecified atom stereocenters. The van der Waals surface area contributed by atoms with Crippen LogP contribution in [-0.2, 0) is 16.1 Å². The molecule has 10 heteroatoms. The first-order valence-corrected chi connectivity index (χ1v) is 24.7. The van der Waals surface area contributed by atoms with Gasteiger partial charge in [0.05, 0.1) is 43.1 Å². The first kappa shape index (κ1) is 53.0. The predicted molar refractivity (Wildman–Crippen MR) is 266 cm³/mol. The maximum atomic E-state index is 14.3. The van der Waals surface area contributed by atoms with Gasteiger partial charge in [-0.15, -0.1) is 0 Å². The summed E-state index contributed by atoms with van der Waals surface area (Å²) in [5.41, 5.74) is 4.93. The number of carbonyl (C=O) groups is 2. The summed E-state index contributed by atoms with van der Waals surface area (Å²) < 4.78 is 22.0. The van der Waals surface area contributed by atoms with Crippen LogP contribution in [0.1, 0.15) is 152 Å². The molecule has 0 spiro atoms. The number of nitrogens with one attached hydrogen (secondary N) is 3. The molecule has 0 aliphatic rings. The molecule has 356 valence electrons. The average Bonchev–Trinajstić information content (AvgIpc) is 3.65. The maximum Gasteiger partial charge on any atom is 0.258 e. The smallest absolute Gasteiger partial charge is 0.258 e.